The predicted octanol–water partition coefficient (Wildman–Crippen LogP) is 2.77. The molecule has 2 atom stereocenters. The van der Waals surface area contributed by atoms with Gasteiger partial charge in [-0.15, -0.1) is 0 Å². The molecule has 1 aromatic heterocycles. The normalized spacial score (nSPS) is 26.8. The first kappa shape index (κ1) is 12.1. The van der Waals surface area contributed by atoms with Gasteiger partial charge in [-0.3, -0.25) is 4.90 Å². The molecule has 0 aromatic carbocycles. The molecule has 2 heterocycles. The van der Waals surface area contributed by atoms with E-state index in [0.29, 0.717) is 5.92 Å². The molecule has 4 heteroatoms. The van der Waals surface area contributed by atoms with Crippen molar-refractivity contribution in [3.8, 4) is 0 Å². The second kappa shape index (κ2) is 4.90. The minimum absolute atomic E-state index is 0.191. The van der Waals surface area contributed by atoms with Crippen molar-refractivity contribution < 1.29 is 4.42 Å². The third-order valence-corrected chi connectivity index (χ3v) is 3.46. The number of hydrogen-bond donors (Lipinski definition) is 1. The molecule has 2 unspecified atom stereocenters. The summed E-state index contributed by atoms with van der Waals surface area (Å²) < 4.78 is 6.43. The number of furan rings is 1. The van der Waals surface area contributed by atoms with E-state index in [1.165, 1.54) is 0 Å². The van der Waals surface area contributed by atoms with Crippen molar-refractivity contribution >= 4 is 15.9 Å². The molecular formula is C12H19BrN2O. The molecule has 2 N–H and O–H groups in total. The van der Waals surface area contributed by atoms with E-state index < -0.39 is 0 Å². The maximum atomic E-state index is 6.17. The van der Waals surface area contributed by atoms with Gasteiger partial charge in [0.05, 0.1) is 6.04 Å². The molecule has 1 saturated heterocycles. The molecule has 0 spiro atoms. The molecule has 0 bridgehead atoms. The van der Waals surface area contributed by atoms with Gasteiger partial charge in [-0.05, 0) is 40.4 Å². The largest absolute Gasteiger partial charge is 0.453 e. The topological polar surface area (TPSA) is 42.4 Å². The zero-order valence-electron chi connectivity index (χ0n) is 9.82. The Morgan fingerprint density at radius 1 is 1.56 bits per heavy atom. The highest BCUT2D eigenvalue weighted by molar-refractivity contribution is 9.10. The van der Waals surface area contributed by atoms with Crippen LogP contribution in [0.15, 0.2) is 21.2 Å². The third-order valence-electron chi connectivity index (χ3n) is 3.03. The van der Waals surface area contributed by atoms with Gasteiger partial charge in [0.1, 0.15) is 5.76 Å². The van der Waals surface area contributed by atoms with Gasteiger partial charge >= 0.3 is 0 Å². The highest BCUT2D eigenvalue weighted by atomic mass is 79.9. The molecule has 1 aromatic rings. The lowest BCUT2D eigenvalue weighted by atomic mass is 10.1. The number of likely N-dealkylation sites (tertiary alicyclic amines) is 1. The molecule has 0 saturated carbocycles. The lowest BCUT2D eigenvalue weighted by Crippen LogP contribution is -2.33. The Balaban J connectivity index is 2.15. The first-order valence-electron chi connectivity index (χ1n) is 5.83. The lowest BCUT2D eigenvalue weighted by molar-refractivity contribution is 0.196. The first-order chi connectivity index (χ1) is 7.58. The molecule has 1 aliphatic rings. The monoisotopic (exact) mass is 286 g/mol. The fourth-order valence-corrected chi connectivity index (χ4v) is 2.75. The van der Waals surface area contributed by atoms with Crippen LogP contribution in [0.1, 0.15) is 32.1 Å². The Labute approximate surface area is 105 Å². The van der Waals surface area contributed by atoms with E-state index in [2.05, 4.69) is 34.7 Å². The summed E-state index contributed by atoms with van der Waals surface area (Å²) in [5.74, 6) is 1.64. The maximum absolute atomic E-state index is 6.17. The summed E-state index contributed by atoms with van der Waals surface area (Å²) in [5, 5.41) is 0. The van der Waals surface area contributed by atoms with Crippen molar-refractivity contribution in [3.05, 3.63) is 22.6 Å². The Kier molecular flexibility index (Phi) is 3.72. The molecule has 1 fully saturated rings. The second-order valence-electron chi connectivity index (χ2n) is 4.93. The minimum Gasteiger partial charge on any atom is -0.453 e. The Morgan fingerprint density at radius 2 is 2.31 bits per heavy atom. The van der Waals surface area contributed by atoms with E-state index in [1.54, 1.807) is 0 Å². The number of nitrogens with two attached hydrogens (primary N) is 1. The average molecular weight is 287 g/mol. The predicted molar refractivity (Wildman–Crippen MR) is 68.2 cm³/mol. The molecule has 0 amide bonds. The van der Waals surface area contributed by atoms with E-state index in [4.69, 9.17) is 10.2 Å². The molecule has 3 nitrogen and oxygen atoms in total. The fraction of sp³-hybridized carbons (Fsp3) is 0.667. The molecule has 2 rings (SSSR count). The van der Waals surface area contributed by atoms with E-state index in [0.717, 1.165) is 29.9 Å². The quantitative estimate of drug-likeness (QED) is 0.929. The van der Waals surface area contributed by atoms with Crippen molar-refractivity contribution in [2.75, 3.05) is 13.1 Å². The van der Waals surface area contributed by atoms with Gasteiger partial charge < -0.3 is 10.2 Å². The van der Waals surface area contributed by atoms with E-state index in [1.807, 2.05) is 12.1 Å². The number of rotatable bonds is 3. The van der Waals surface area contributed by atoms with Crippen molar-refractivity contribution in [1.29, 1.82) is 0 Å². The van der Waals surface area contributed by atoms with Crippen LogP contribution in [0.2, 0.25) is 0 Å². The smallest absolute Gasteiger partial charge is 0.169 e. The molecule has 16 heavy (non-hydrogen) atoms. The highest BCUT2D eigenvalue weighted by Crippen LogP contribution is 2.33. The molecule has 1 aliphatic heterocycles. The van der Waals surface area contributed by atoms with Crippen LogP contribution in [0.25, 0.3) is 0 Å². The first-order valence-corrected chi connectivity index (χ1v) is 6.62. The van der Waals surface area contributed by atoms with Crippen LogP contribution in [0.3, 0.4) is 0 Å². The van der Waals surface area contributed by atoms with Crippen LogP contribution in [0.5, 0.6) is 0 Å². The molecular weight excluding hydrogens is 268 g/mol. The SMILES string of the molecule is CC(C)CN1CCC(N)C1c1ccc(Br)o1. The average Bonchev–Trinajstić information content (AvgIpc) is 2.73. The van der Waals surface area contributed by atoms with Crippen LogP contribution < -0.4 is 5.73 Å². The molecule has 0 aliphatic carbocycles. The van der Waals surface area contributed by atoms with Gasteiger partial charge in [-0.2, -0.15) is 0 Å². The standard InChI is InChI=1S/C12H19BrN2O/c1-8(2)7-15-6-5-9(14)12(15)10-3-4-11(13)16-10/h3-4,8-9,12H,5-7,14H2,1-2H3. The van der Waals surface area contributed by atoms with Crippen LogP contribution >= 0.6 is 15.9 Å². The highest BCUT2D eigenvalue weighted by Gasteiger charge is 2.35. The van der Waals surface area contributed by atoms with Crippen LogP contribution in [-0.2, 0) is 0 Å². The van der Waals surface area contributed by atoms with Gasteiger partial charge in [0, 0.05) is 19.1 Å². The summed E-state index contributed by atoms with van der Waals surface area (Å²) in [5.41, 5.74) is 6.17. The zero-order chi connectivity index (χ0) is 11.7. The van der Waals surface area contributed by atoms with Gasteiger partial charge in [0.2, 0.25) is 0 Å². The summed E-state index contributed by atoms with van der Waals surface area (Å²) in [6.07, 6.45) is 1.05. The molecule has 0 radical (unpaired) electrons. The van der Waals surface area contributed by atoms with E-state index in [-0.39, 0.29) is 12.1 Å². The van der Waals surface area contributed by atoms with Crippen LogP contribution in [0.4, 0.5) is 0 Å². The third kappa shape index (κ3) is 2.50. The number of nitrogens with zero attached hydrogens (tertiary/aromatic N) is 1. The zero-order valence-corrected chi connectivity index (χ0v) is 11.4. The number of halogens is 1. The van der Waals surface area contributed by atoms with Crippen molar-refractivity contribution in [1.82, 2.24) is 4.90 Å². The van der Waals surface area contributed by atoms with Crippen LogP contribution in [0, 0.1) is 5.92 Å². The molecule has 90 valence electrons. The van der Waals surface area contributed by atoms with Crippen molar-refractivity contribution in [2.45, 2.75) is 32.4 Å². The van der Waals surface area contributed by atoms with Gasteiger partial charge in [0.15, 0.2) is 4.67 Å². The Morgan fingerprint density at radius 3 is 2.88 bits per heavy atom. The Hall–Kier alpha value is -0.320. The minimum atomic E-state index is 0.191. The Bertz CT molecular complexity index is 351. The number of hydrogen-bond acceptors (Lipinski definition) is 3. The summed E-state index contributed by atoms with van der Waals surface area (Å²) >= 11 is 3.34. The van der Waals surface area contributed by atoms with Crippen molar-refractivity contribution in [3.63, 3.8) is 0 Å². The van der Waals surface area contributed by atoms with Crippen LogP contribution in [-0.4, -0.2) is 24.0 Å². The summed E-state index contributed by atoms with van der Waals surface area (Å²) in [4.78, 5) is 2.43. The van der Waals surface area contributed by atoms with Gasteiger partial charge in [0.25, 0.3) is 0 Å². The second-order valence-corrected chi connectivity index (χ2v) is 5.71. The van der Waals surface area contributed by atoms with Gasteiger partial charge in [-0.25, -0.2) is 0 Å². The summed E-state index contributed by atoms with van der Waals surface area (Å²) in [6.45, 7) is 6.62. The lowest BCUT2D eigenvalue weighted by Gasteiger charge is -2.26. The fourth-order valence-electron chi connectivity index (χ4n) is 2.43. The summed E-state index contributed by atoms with van der Waals surface area (Å²) in [7, 11) is 0. The maximum Gasteiger partial charge on any atom is 0.169 e. The van der Waals surface area contributed by atoms with E-state index >= 15 is 0 Å². The van der Waals surface area contributed by atoms with E-state index in [9.17, 15) is 0 Å². The van der Waals surface area contributed by atoms with Gasteiger partial charge in [-0.1, -0.05) is 13.8 Å². The summed E-state index contributed by atoms with van der Waals surface area (Å²) in [6, 6.07) is 4.40. The van der Waals surface area contributed by atoms with Crippen molar-refractivity contribution in [2.24, 2.45) is 11.7 Å².